The highest BCUT2D eigenvalue weighted by molar-refractivity contribution is 7.97. The molecule has 1 fully saturated rings. The van der Waals surface area contributed by atoms with Gasteiger partial charge in [-0.3, -0.25) is 14.2 Å². The molecule has 2 heterocycles. The summed E-state index contributed by atoms with van der Waals surface area (Å²) in [5.41, 5.74) is 3.34. The summed E-state index contributed by atoms with van der Waals surface area (Å²) in [5, 5.41) is 7.71. The number of anilines is 1. The second kappa shape index (κ2) is 9.07. The molecule has 0 saturated carbocycles. The van der Waals surface area contributed by atoms with Gasteiger partial charge in [-0.1, -0.05) is 45.9 Å². The Kier molecular flexibility index (Phi) is 6.70. The number of amides is 3. The highest BCUT2D eigenvalue weighted by Gasteiger charge is 2.32. The summed E-state index contributed by atoms with van der Waals surface area (Å²) in [6, 6.07) is 7.29. The quantitative estimate of drug-likeness (QED) is 0.666. The third-order valence-electron chi connectivity index (χ3n) is 5.06. The van der Waals surface area contributed by atoms with Crippen LogP contribution in [0.25, 0.3) is 0 Å². The van der Waals surface area contributed by atoms with Gasteiger partial charge in [0.1, 0.15) is 16.9 Å². The van der Waals surface area contributed by atoms with Crippen molar-refractivity contribution < 1.29 is 14.0 Å². The Morgan fingerprint density at radius 3 is 2.30 bits per heavy atom. The van der Waals surface area contributed by atoms with Gasteiger partial charge in [0.05, 0.1) is 13.1 Å². The minimum Gasteiger partial charge on any atom is -0.331 e. The molecule has 0 bridgehead atoms. The average molecular weight is 434 g/mol. The summed E-state index contributed by atoms with van der Waals surface area (Å²) in [4.78, 5) is 26.4. The van der Waals surface area contributed by atoms with Crippen molar-refractivity contribution in [3.8, 4) is 0 Å². The minimum absolute atomic E-state index is 0.112. The van der Waals surface area contributed by atoms with Crippen LogP contribution in [-0.4, -0.2) is 45.9 Å². The van der Waals surface area contributed by atoms with Crippen molar-refractivity contribution >= 4 is 29.6 Å². The van der Waals surface area contributed by atoms with Crippen LogP contribution in [0, 0.1) is 0 Å². The van der Waals surface area contributed by atoms with E-state index in [-0.39, 0.29) is 36.9 Å². The van der Waals surface area contributed by atoms with Gasteiger partial charge in [-0.15, -0.1) is 0 Å². The van der Waals surface area contributed by atoms with Crippen molar-refractivity contribution in [1.29, 1.82) is 0 Å². The zero-order valence-corrected chi connectivity index (χ0v) is 18.7. The van der Waals surface area contributed by atoms with Crippen LogP contribution in [0.15, 0.2) is 29.3 Å². The van der Waals surface area contributed by atoms with E-state index in [1.54, 1.807) is 13.1 Å². The van der Waals surface area contributed by atoms with Crippen molar-refractivity contribution in [3.63, 3.8) is 0 Å². The molecule has 2 N–H and O–H groups in total. The molecule has 3 rings (SSSR count). The largest absolute Gasteiger partial charge is 0.331 e. The molecule has 2 aromatic rings. The molecule has 0 radical (unpaired) electrons. The van der Waals surface area contributed by atoms with Crippen molar-refractivity contribution in [3.05, 3.63) is 41.1 Å². The Labute approximate surface area is 180 Å². The van der Waals surface area contributed by atoms with Crippen LogP contribution in [0.5, 0.6) is 0 Å². The summed E-state index contributed by atoms with van der Waals surface area (Å²) in [6.07, 6.45) is -0.953. The van der Waals surface area contributed by atoms with Gasteiger partial charge >= 0.3 is 6.03 Å². The maximum Gasteiger partial charge on any atom is 0.329 e. The summed E-state index contributed by atoms with van der Waals surface area (Å²) in [5.74, 6) is 0.269. The Morgan fingerprint density at radius 1 is 1.17 bits per heavy atom. The monoisotopic (exact) mass is 433 g/mol. The van der Waals surface area contributed by atoms with Gasteiger partial charge in [-0.05, 0) is 23.0 Å². The number of hydrogen-bond acceptors (Lipinski definition) is 4. The fraction of sp³-hybridized carbons (Fsp3) is 0.476. The van der Waals surface area contributed by atoms with Gasteiger partial charge in [0, 0.05) is 30.7 Å². The lowest BCUT2D eigenvalue weighted by atomic mass is 9.93. The van der Waals surface area contributed by atoms with E-state index >= 15 is 0 Å². The van der Waals surface area contributed by atoms with Gasteiger partial charge in [0.15, 0.2) is 0 Å². The van der Waals surface area contributed by atoms with Crippen molar-refractivity contribution in [2.24, 2.45) is 7.05 Å². The number of para-hydroxylation sites is 1. The molecule has 162 valence electrons. The number of carbonyl (C=O) groups is 2. The van der Waals surface area contributed by atoms with Crippen molar-refractivity contribution in [2.45, 2.75) is 50.7 Å². The molecule has 1 saturated heterocycles. The molecular formula is C21H28FN5O2S. The van der Waals surface area contributed by atoms with Gasteiger partial charge in [-0.2, -0.15) is 5.10 Å². The number of likely N-dealkylation sites (tertiary alicyclic amines) is 1. The summed E-state index contributed by atoms with van der Waals surface area (Å²) < 4.78 is 17.2. The van der Waals surface area contributed by atoms with Crippen molar-refractivity contribution in [1.82, 2.24) is 19.4 Å². The first-order valence-electron chi connectivity index (χ1n) is 10.0. The molecular weight excluding hydrogens is 405 g/mol. The smallest absolute Gasteiger partial charge is 0.329 e. The van der Waals surface area contributed by atoms with Gasteiger partial charge < -0.3 is 10.2 Å². The average Bonchev–Trinajstić information content (AvgIpc) is 3.03. The van der Waals surface area contributed by atoms with Gasteiger partial charge in [0.2, 0.25) is 0 Å². The zero-order chi connectivity index (χ0) is 22.0. The molecule has 1 aliphatic heterocycles. The summed E-state index contributed by atoms with van der Waals surface area (Å²) in [7, 11) is 1.65. The number of rotatable bonds is 6. The van der Waals surface area contributed by atoms with Crippen LogP contribution in [0.2, 0.25) is 0 Å². The van der Waals surface area contributed by atoms with E-state index in [0.29, 0.717) is 10.7 Å². The molecule has 1 aromatic heterocycles. The standard InChI is InChI=1S/C21H28FN5O2S/c1-12(2)15-7-6-8-16(13(3)4)19(15)23-21(29)25-30-18-9-17(26(5)24-18)20(28)27-10-14(22)11-27/h6-9,12-14H,10-11H2,1-5H3,(H2,23,25,29). The molecule has 30 heavy (non-hydrogen) atoms. The van der Waals surface area contributed by atoms with E-state index in [4.69, 9.17) is 0 Å². The summed E-state index contributed by atoms with van der Waals surface area (Å²) in [6.45, 7) is 8.58. The normalized spacial score (nSPS) is 14.2. The van der Waals surface area contributed by atoms with E-state index in [0.717, 1.165) is 28.8 Å². The zero-order valence-electron chi connectivity index (χ0n) is 17.9. The highest BCUT2D eigenvalue weighted by Crippen LogP contribution is 2.32. The molecule has 0 spiro atoms. The molecule has 0 atom stereocenters. The maximum atomic E-state index is 13.0. The van der Waals surface area contributed by atoms with E-state index in [1.807, 2.05) is 18.2 Å². The SMILES string of the molecule is CC(C)c1cccc(C(C)C)c1NC(=O)NSc1cc(C(=O)N2CC(F)C2)n(C)n1. The first-order chi connectivity index (χ1) is 14.2. The number of alkyl halides is 1. The predicted molar refractivity (Wildman–Crippen MR) is 117 cm³/mol. The fourth-order valence-corrected chi connectivity index (χ4v) is 3.96. The van der Waals surface area contributed by atoms with E-state index in [1.165, 1.54) is 9.58 Å². The number of aryl methyl sites for hydroxylation is 1. The Bertz CT molecular complexity index is 911. The van der Waals surface area contributed by atoms with E-state index in [9.17, 15) is 14.0 Å². The maximum absolute atomic E-state index is 13.0. The van der Waals surface area contributed by atoms with Crippen LogP contribution in [-0.2, 0) is 7.05 Å². The topological polar surface area (TPSA) is 79.3 Å². The number of carbonyl (C=O) groups excluding carboxylic acids is 2. The predicted octanol–water partition coefficient (Wildman–Crippen LogP) is 4.29. The lowest BCUT2D eigenvalue weighted by Gasteiger charge is -2.34. The van der Waals surface area contributed by atoms with Crippen LogP contribution < -0.4 is 10.0 Å². The molecule has 9 heteroatoms. The second-order valence-corrected chi connectivity index (χ2v) is 8.90. The molecule has 0 aliphatic carbocycles. The lowest BCUT2D eigenvalue weighted by Crippen LogP contribution is -2.51. The number of aromatic nitrogens is 2. The Balaban J connectivity index is 1.66. The number of benzene rings is 1. The fourth-order valence-electron chi connectivity index (χ4n) is 3.38. The van der Waals surface area contributed by atoms with E-state index in [2.05, 4.69) is 42.8 Å². The van der Waals surface area contributed by atoms with E-state index < -0.39 is 6.17 Å². The number of urea groups is 1. The third-order valence-corrected chi connectivity index (χ3v) is 5.76. The first-order valence-corrected chi connectivity index (χ1v) is 10.8. The van der Waals surface area contributed by atoms with Crippen LogP contribution in [0.4, 0.5) is 14.9 Å². The van der Waals surface area contributed by atoms with Gasteiger partial charge in [0.25, 0.3) is 5.91 Å². The van der Waals surface area contributed by atoms with Crippen LogP contribution >= 0.6 is 11.9 Å². The van der Waals surface area contributed by atoms with Crippen LogP contribution in [0.1, 0.15) is 61.1 Å². The molecule has 0 unspecified atom stereocenters. The number of hydrogen-bond donors (Lipinski definition) is 2. The van der Waals surface area contributed by atoms with Gasteiger partial charge in [-0.25, -0.2) is 9.18 Å². The molecule has 1 aromatic carbocycles. The van der Waals surface area contributed by atoms with Crippen molar-refractivity contribution in [2.75, 3.05) is 18.4 Å². The molecule has 1 aliphatic rings. The van der Waals surface area contributed by atoms with Crippen LogP contribution in [0.3, 0.4) is 0 Å². The number of nitrogens with one attached hydrogen (secondary N) is 2. The lowest BCUT2D eigenvalue weighted by molar-refractivity contribution is 0.0390. The number of halogens is 1. The third kappa shape index (κ3) is 4.77. The molecule has 7 nitrogen and oxygen atoms in total. The highest BCUT2D eigenvalue weighted by atomic mass is 32.2. The Morgan fingerprint density at radius 2 is 1.77 bits per heavy atom. The summed E-state index contributed by atoms with van der Waals surface area (Å²) >= 11 is 1.03. The first kappa shape index (κ1) is 22.1. The molecule has 3 amide bonds. The number of nitrogens with zero attached hydrogens (tertiary/aromatic N) is 3. The Hall–Kier alpha value is -2.55. The second-order valence-electron chi connectivity index (χ2n) is 8.08. The minimum atomic E-state index is -0.953.